The van der Waals surface area contributed by atoms with Crippen LogP contribution in [0.5, 0.6) is 0 Å². The molecule has 0 unspecified atom stereocenters. The molecule has 0 atom stereocenters. The molecule has 20 heavy (non-hydrogen) atoms. The van der Waals surface area contributed by atoms with E-state index in [0.717, 1.165) is 25.7 Å². The minimum Gasteiger partial charge on any atom is -0.312 e. The van der Waals surface area contributed by atoms with Crippen LogP contribution in [0.15, 0.2) is 12.1 Å². The van der Waals surface area contributed by atoms with E-state index in [4.69, 9.17) is 0 Å². The van der Waals surface area contributed by atoms with Crippen LogP contribution in [0.2, 0.25) is 0 Å². The van der Waals surface area contributed by atoms with Crippen molar-refractivity contribution in [1.82, 2.24) is 10.2 Å². The van der Waals surface area contributed by atoms with Gasteiger partial charge in [0.2, 0.25) is 0 Å². The molecule has 0 spiro atoms. The molecule has 1 heterocycles. The zero-order chi connectivity index (χ0) is 14.2. The molecule has 1 N–H and O–H groups in total. The summed E-state index contributed by atoms with van der Waals surface area (Å²) in [5.74, 6) is 0. The minimum atomic E-state index is 0.831. The van der Waals surface area contributed by atoms with Crippen LogP contribution < -0.4 is 5.32 Å². The molecular weight excluding hydrogens is 264 g/mol. The van der Waals surface area contributed by atoms with Gasteiger partial charge in [0.25, 0.3) is 0 Å². The number of nitrogens with one attached hydrogen (secondary N) is 1. The summed E-state index contributed by atoms with van der Waals surface area (Å²) in [4.78, 5) is 5.70. The van der Waals surface area contributed by atoms with Crippen LogP contribution in [-0.4, -0.2) is 24.0 Å². The molecule has 2 rings (SSSR count). The Hall–Kier alpha value is -0.380. The van der Waals surface area contributed by atoms with Gasteiger partial charge in [-0.05, 0) is 44.5 Å². The van der Waals surface area contributed by atoms with Crippen molar-refractivity contribution in [2.24, 2.45) is 0 Å². The predicted molar refractivity (Wildman–Crippen MR) is 89.3 cm³/mol. The first kappa shape index (κ1) is 16.0. The van der Waals surface area contributed by atoms with Crippen LogP contribution in [0.25, 0.3) is 0 Å². The number of nitrogens with zero attached hydrogens (tertiary/aromatic N) is 1. The fourth-order valence-electron chi connectivity index (χ4n) is 3.14. The van der Waals surface area contributed by atoms with Crippen molar-refractivity contribution < 1.29 is 0 Å². The molecule has 0 radical (unpaired) electrons. The Morgan fingerprint density at radius 2 is 1.90 bits per heavy atom. The van der Waals surface area contributed by atoms with Crippen molar-refractivity contribution in [3.63, 3.8) is 0 Å². The molecule has 1 aliphatic carbocycles. The number of rotatable bonds is 8. The van der Waals surface area contributed by atoms with E-state index in [2.05, 4.69) is 36.2 Å². The Kier molecular flexibility index (Phi) is 7.05. The van der Waals surface area contributed by atoms with E-state index in [9.17, 15) is 0 Å². The van der Waals surface area contributed by atoms with Gasteiger partial charge in [-0.25, -0.2) is 0 Å². The highest BCUT2D eigenvalue weighted by atomic mass is 32.1. The summed E-state index contributed by atoms with van der Waals surface area (Å²) in [5, 5.41) is 3.49. The van der Waals surface area contributed by atoms with E-state index < -0.39 is 0 Å². The highest BCUT2D eigenvalue weighted by Crippen LogP contribution is 2.25. The van der Waals surface area contributed by atoms with Gasteiger partial charge in [-0.3, -0.25) is 4.90 Å². The fourth-order valence-corrected chi connectivity index (χ4v) is 4.15. The monoisotopic (exact) mass is 294 g/mol. The van der Waals surface area contributed by atoms with Crippen molar-refractivity contribution in [2.75, 3.05) is 13.1 Å². The third-order valence-corrected chi connectivity index (χ3v) is 5.37. The third kappa shape index (κ3) is 4.87. The van der Waals surface area contributed by atoms with Gasteiger partial charge in [-0.15, -0.1) is 11.3 Å². The van der Waals surface area contributed by atoms with Crippen LogP contribution in [0, 0.1) is 0 Å². The van der Waals surface area contributed by atoms with Crippen molar-refractivity contribution in [1.29, 1.82) is 0 Å². The van der Waals surface area contributed by atoms with Crippen LogP contribution >= 0.6 is 11.3 Å². The smallest absolute Gasteiger partial charge is 0.0330 e. The van der Waals surface area contributed by atoms with Crippen LogP contribution in [-0.2, 0) is 13.1 Å². The molecule has 0 amide bonds. The van der Waals surface area contributed by atoms with E-state index in [0.29, 0.717) is 0 Å². The number of thiophene rings is 1. The quantitative estimate of drug-likeness (QED) is 0.715. The summed E-state index contributed by atoms with van der Waals surface area (Å²) < 4.78 is 0. The van der Waals surface area contributed by atoms with Crippen LogP contribution in [0.3, 0.4) is 0 Å². The first-order valence-electron chi connectivity index (χ1n) is 8.35. The Bertz CT molecular complexity index is 369. The van der Waals surface area contributed by atoms with Gasteiger partial charge in [0.15, 0.2) is 0 Å². The van der Waals surface area contributed by atoms with E-state index in [1.54, 1.807) is 0 Å². The topological polar surface area (TPSA) is 15.3 Å². The average molecular weight is 295 g/mol. The lowest BCUT2D eigenvalue weighted by atomic mass is 9.94. The second-order valence-corrected chi connectivity index (χ2v) is 7.15. The predicted octanol–water partition coefficient (Wildman–Crippen LogP) is 4.40. The Labute approximate surface area is 128 Å². The van der Waals surface area contributed by atoms with Crippen molar-refractivity contribution >= 4 is 11.3 Å². The van der Waals surface area contributed by atoms with Crippen molar-refractivity contribution in [2.45, 2.75) is 71.5 Å². The third-order valence-electron chi connectivity index (χ3n) is 4.30. The standard InChI is InChI=1S/C17H30N2S/c1-3-12-18-13-16-10-11-17(20-16)14-19(4-2)15-8-6-5-7-9-15/h10-11,15,18H,3-9,12-14H2,1-2H3. The largest absolute Gasteiger partial charge is 0.312 e. The molecule has 0 aromatic carbocycles. The molecule has 0 aliphatic heterocycles. The fraction of sp³-hybridized carbons (Fsp3) is 0.765. The summed E-state index contributed by atoms with van der Waals surface area (Å²) >= 11 is 1.99. The summed E-state index contributed by atoms with van der Waals surface area (Å²) in [7, 11) is 0. The van der Waals surface area contributed by atoms with Gasteiger partial charge < -0.3 is 5.32 Å². The van der Waals surface area contributed by atoms with Gasteiger partial charge in [0.1, 0.15) is 0 Å². The average Bonchev–Trinajstić information content (AvgIpc) is 2.93. The molecule has 2 nitrogen and oxygen atoms in total. The summed E-state index contributed by atoms with van der Waals surface area (Å²) in [5.41, 5.74) is 0. The summed E-state index contributed by atoms with van der Waals surface area (Å²) in [6, 6.07) is 5.47. The molecule has 1 aromatic heterocycles. The lowest BCUT2D eigenvalue weighted by molar-refractivity contribution is 0.157. The molecule has 1 aromatic rings. The first-order chi connectivity index (χ1) is 9.83. The summed E-state index contributed by atoms with van der Waals surface area (Å²) in [6.07, 6.45) is 8.33. The van der Waals surface area contributed by atoms with E-state index in [1.165, 1.54) is 54.8 Å². The van der Waals surface area contributed by atoms with Crippen molar-refractivity contribution in [3.05, 3.63) is 21.9 Å². The maximum atomic E-state index is 3.49. The first-order valence-corrected chi connectivity index (χ1v) is 9.17. The van der Waals surface area contributed by atoms with Crippen LogP contribution in [0.4, 0.5) is 0 Å². The molecule has 1 saturated carbocycles. The van der Waals surface area contributed by atoms with Gasteiger partial charge in [0.05, 0.1) is 0 Å². The maximum absolute atomic E-state index is 3.49. The van der Waals surface area contributed by atoms with Gasteiger partial charge in [0, 0.05) is 28.9 Å². The zero-order valence-corrected chi connectivity index (χ0v) is 14.0. The van der Waals surface area contributed by atoms with Gasteiger partial charge in [-0.2, -0.15) is 0 Å². The lowest BCUT2D eigenvalue weighted by Crippen LogP contribution is -2.35. The molecular formula is C17H30N2S. The Balaban J connectivity index is 1.84. The molecule has 1 fully saturated rings. The van der Waals surface area contributed by atoms with Crippen LogP contribution in [0.1, 0.15) is 62.1 Å². The lowest BCUT2D eigenvalue weighted by Gasteiger charge is -2.33. The molecule has 1 aliphatic rings. The number of hydrogen-bond acceptors (Lipinski definition) is 3. The summed E-state index contributed by atoms with van der Waals surface area (Å²) in [6.45, 7) is 9.03. The Morgan fingerprint density at radius 1 is 1.15 bits per heavy atom. The molecule has 3 heteroatoms. The van der Waals surface area contributed by atoms with E-state index >= 15 is 0 Å². The zero-order valence-electron chi connectivity index (χ0n) is 13.2. The van der Waals surface area contributed by atoms with Gasteiger partial charge in [-0.1, -0.05) is 33.1 Å². The highest BCUT2D eigenvalue weighted by molar-refractivity contribution is 7.11. The molecule has 114 valence electrons. The van der Waals surface area contributed by atoms with Crippen molar-refractivity contribution in [3.8, 4) is 0 Å². The van der Waals surface area contributed by atoms with E-state index in [-0.39, 0.29) is 0 Å². The SMILES string of the molecule is CCCNCc1ccc(CN(CC)C2CCCCC2)s1. The maximum Gasteiger partial charge on any atom is 0.0330 e. The molecule has 0 bridgehead atoms. The van der Waals surface area contributed by atoms with Gasteiger partial charge >= 0.3 is 0 Å². The Morgan fingerprint density at radius 3 is 2.60 bits per heavy atom. The molecule has 0 saturated heterocycles. The minimum absolute atomic E-state index is 0.831. The normalized spacial score (nSPS) is 16.9. The number of hydrogen-bond donors (Lipinski definition) is 1. The second-order valence-electron chi connectivity index (χ2n) is 5.90. The second kappa shape index (κ2) is 8.81. The highest BCUT2D eigenvalue weighted by Gasteiger charge is 2.20. The van der Waals surface area contributed by atoms with E-state index in [1.807, 2.05) is 11.3 Å².